The van der Waals surface area contributed by atoms with Gasteiger partial charge >= 0.3 is 0 Å². The number of nitrogen functional groups attached to an aromatic ring is 1. The van der Waals surface area contributed by atoms with E-state index in [2.05, 4.69) is 36.8 Å². The SMILES string of the molecule is Nn1c(SCC(=O)NCC(=O)Nc2ccc(F)c(F)c2)nnc1-c1ccccc1Br. The van der Waals surface area contributed by atoms with Crippen molar-refractivity contribution < 1.29 is 18.4 Å². The molecule has 0 bridgehead atoms. The van der Waals surface area contributed by atoms with E-state index in [0.29, 0.717) is 11.0 Å². The molecular formula is C18H15BrF2N6O2S. The zero-order valence-corrected chi connectivity index (χ0v) is 17.6. The molecule has 0 atom stereocenters. The second-order valence-corrected chi connectivity index (χ2v) is 7.70. The fraction of sp³-hybridized carbons (Fsp3) is 0.111. The fourth-order valence-corrected chi connectivity index (χ4v) is 3.49. The highest BCUT2D eigenvalue weighted by Crippen LogP contribution is 2.27. The number of aromatic nitrogens is 3. The number of nitrogens with two attached hydrogens (primary N) is 1. The Hall–Kier alpha value is -2.99. The summed E-state index contributed by atoms with van der Waals surface area (Å²) >= 11 is 4.47. The van der Waals surface area contributed by atoms with Crippen LogP contribution in [0.1, 0.15) is 0 Å². The van der Waals surface area contributed by atoms with E-state index in [1.54, 1.807) is 0 Å². The smallest absolute Gasteiger partial charge is 0.243 e. The van der Waals surface area contributed by atoms with E-state index >= 15 is 0 Å². The van der Waals surface area contributed by atoms with Gasteiger partial charge in [0.25, 0.3) is 0 Å². The van der Waals surface area contributed by atoms with E-state index < -0.39 is 23.4 Å². The highest BCUT2D eigenvalue weighted by molar-refractivity contribution is 9.10. The van der Waals surface area contributed by atoms with Crippen LogP contribution in [0.5, 0.6) is 0 Å². The number of halogens is 3. The number of hydrogen-bond donors (Lipinski definition) is 3. The lowest BCUT2D eigenvalue weighted by molar-refractivity contribution is -0.122. The van der Waals surface area contributed by atoms with Gasteiger partial charge in [0.15, 0.2) is 17.5 Å². The average molecular weight is 497 g/mol. The van der Waals surface area contributed by atoms with Gasteiger partial charge in [-0.2, -0.15) is 0 Å². The zero-order chi connectivity index (χ0) is 21.7. The van der Waals surface area contributed by atoms with Gasteiger partial charge in [-0.1, -0.05) is 39.8 Å². The molecule has 0 radical (unpaired) electrons. The van der Waals surface area contributed by atoms with Crippen molar-refractivity contribution in [2.24, 2.45) is 0 Å². The molecule has 3 rings (SSSR count). The molecule has 156 valence electrons. The van der Waals surface area contributed by atoms with Crippen molar-refractivity contribution in [1.29, 1.82) is 0 Å². The molecule has 3 aromatic rings. The predicted octanol–water partition coefficient (Wildman–Crippen LogP) is 2.55. The first-order valence-corrected chi connectivity index (χ1v) is 10.2. The van der Waals surface area contributed by atoms with Gasteiger partial charge in [-0.05, 0) is 24.3 Å². The third-order valence-corrected chi connectivity index (χ3v) is 5.40. The van der Waals surface area contributed by atoms with Crippen LogP contribution in [0.4, 0.5) is 14.5 Å². The summed E-state index contributed by atoms with van der Waals surface area (Å²) in [5.41, 5.74) is 0.830. The monoisotopic (exact) mass is 496 g/mol. The molecule has 1 heterocycles. The zero-order valence-electron chi connectivity index (χ0n) is 15.2. The molecule has 0 fully saturated rings. The molecule has 0 unspecified atom stereocenters. The summed E-state index contributed by atoms with van der Waals surface area (Å²) < 4.78 is 28.1. The lowest BCUT2D eigenvalue weighted by Gasteiger charge is -2.07. The number of carbonyl (C=O) groups is 2. The quantitative estimate of drug-likeness (QED) is 0.342. The number of thioether (sulfide) groups is 1. The van der Waals surface area contributed by atoms with Gasteiger partial charge in [0.05, 0.1) is 12.3 Å². The Bertz CT molecular complexity index is 1090. The Morgan fingerprint density at radius 3 is 2.60 bits per heavy atom. The van der Waals surface area contributed by atoms with E-state index in [1.807, 2.05) is 24.3 Å². The van der Waals surface area contributed by atoms with Gasteiger partial charge < -0.3 is 16.5 Å². The predicted molar refractivity (Wildman–Crippen MR) is 112 cm³/mol. The fourth-order valence-electron chi connectivity index (χ4n) is 2.34. The maximum atomic E-state index is 13.1. The van der Waals surface area contributed by atoms with Gasteiger partial charge in [-0.3, -0.25) is 9.59 Å². The van der Waals surface area contributed by atoms with Crippen molar-refractivity contribution >= 4 is 45.2 Å². The third-order valence-electron chi connectivity index (χ3n) is 3.76. The van der Waals surface area contributed by atoms with Crippen LogP contribution >= 0.6 is 27.7 Å². The molecule has 30 heavy (non-hydrogen) atoms. The topological polar surface area (TPSA) is 115 Å². The van der Waals surface area contributed by atoms with Gasteiger partial charge in [0.1, 0.15) is 0 Å². The van der Waals surface area contributed by atoms with Crippen molar-refractivity contribution in [2.75, 3.05) is 23.5 Å². The van der Waals surface area contributed by atoms with Gasteiger partial charge in [-0.15, -0.1) is 10.2 Å². The molecule has 8 nitrogen and oxygen atoms in total. The van der Waals surface area contributed by atoms with Crippen LogP contribution in [0.25, 0.3) is 11.4 Å². The molecule has 0 saturated carbocycles. The van der Waals surface area contributed by atoms with Crippen LogP contribution in [0.2, 0.25) is 0 Å². The van der Waals surface area contributed by atoms with E-state index in [1.165, 1.54) is 10.7 Å². The summed E-state index contributed by atoms with van der Waals surface area (Å²) in [6.45, 7) is -0.337. The second-order valence-electron chi connectivity index (χ2n) is 5.90. The maximum absolute atomic E-state index is 13.1. The molecule has 4 N–H and O–H groups in total. The van der Waals surface area contributed by atoms with E-state index in [9.17, 15) is 18.4 Å². The first kappa shape index (κ1) is 21.7. The third kappa shape index (κ3) is 5.33. The number of carbonyl (C=O) groups excluding carboxylic acids is 2. The molecule has 0 aliphatic carbocycles. The van der Waals surface area contributed by atoms with Crippen molar-refractivity contribution in [3.05, 3.63) is 58.6 Å². The first-order chi connectivity index (χ1) is 14.3. The Kier molecular flexibility index (Phi) is 7.00. The summed E-state index contributed by atoms with van der Waals surface area (Å²) in [6, 6.07) is 10.3. The minimum absolute atomic E-state index is 0.0518. The number of hydrogen-bond acceptors (Lipinski definition) is 6. The lowest BCUT2D eigenvalue weighted by atomic mass is 10.2. The number of nitrogens with zero attached hydrogens (tertiary/aromatic N) is 3. The summed E-state index contributed by atoms with van der Waals surface area (Å²) in [6.07, 6.45) is 0. The minimum Gasteiger partial charge on any atom is -0.346 e. The molecular weight excluding hydrogens is 482 g/mol. The highest BCUT2D eigenvalue weighted by Gasteiger charge is 2.16. The summed E-state index contributed by atoms with van der Waals surface area (Å²) in [4.78, 5) is 23.8. The summed E-state index contributed by atoms with van der Waals surface area (Å²) in [5.74, 6) is 3.27. The van der Waals surface area contributed by atoms with Crippen molar-refractivity contribution in [3.8, 4) is 11.4 Å². The maximum Gasteiger partial charge on any atom is 0.243 e. The standard InChI is InChI=1S/C18H15BrF2N6O2S/c19-12-4-2-1-3-11(12)17-25-26-18(27(17)22)30-9-16(29)23-8-15(28)24-10-5-6-13(20)14(21)7-10/h1-7H,8-9,22H2,(H,23,29)(H,24,28). The second kappa shape index (κ2) is 9.67. The number of nitrogens with one attached hydrogen (secondary N) is 2. The van der Waals surface area contributed by atoms with Crippen LogP contribution in [0.15, 0.2) is 52.1 Å². The molecule has 2 aromatic carbocycles. The summed E-state index contributed by atoms with van der Waals surface area (Å²) in [7, 11) is 0. The van der Waals surface area contributed by atoms with Gasteiger partial charge in [0, 0.05) is 21.8 Å². The normalized spacial score (nSPS) is 10.6. The molecule has 0 spiro atoms. The van der Waals surface area contributed by atoms with E-state index in [0.717, 1.165) is 33.9 Å². The van der Waals surface area contributed by atoms with Crippen LogP contribution in [-0.4, -0.2) is 39.0 Å². The van der Waals surface area contributed by atoms with E-state index in [4.69, 9.17) is 5.84 Å². The number of amides is 2. The van der Waals surface area contributed by atoms with Crippen molar-refractivity contribution in [1.82, 2.24) is 20.2 Å². The van der Waals surface area contributed by atoms with Gasteiger partial charge in [-0.25, -0.2) is 13.5 Å². The lowest BCUT2D eigenvalue weighted by Crippen LogP contribution is -2.34. The number of benzene rings is 2. The number of rotatable bonds is 7. The Morgan fingerprint density at radius 1 is 1.10 bits per heavy atom. The molecule has 1 aromatic heterocycles. The Balaban J connectivity index is 1.50. The highest BCUT2D eigenvalue weighted by atomic mass is 79.9. The Morgan fingerprint density at radius 2 is 1.87 bits per heavy atom. The van der Waals surface area contributed by atoms with Gasteiger partial charge in [0.2, 0.25) is 17.0 Å². The van der Waals surface area contributed by atoms with Crippen LogP contribution in [0, 0.1) is 11.6 Å². The largest absolute Gasteiger partial charge is 0.346 e. The van der Waals surface area contributed by atoms with E-state index in [-0.39, 0.29) is 18.0 Å². The molecule has 12 heteroatoms. The minimum atomic E-state index is -1.08. The average Bonchev–Trinajstić information content (AvgIpc) is 3.08. The first-order valence-electron chi connectivity index (χ1n) is 8.45. The summed E-state index contributed by atoms with van der Waals surface area (Å²) in [5, 5.41) is 13.1. The van der Waals surface area contributed by atoms with Crippen LogP contribution < -0.4 is 16.5 Å². The van der Waals surface area contributed by atoms with Crippen LogP contribution in [0.3, 0.4) is 0 Å². The van der Waals surface area contributed by atoms with Crippen molar-refractivity contribution in [2.45, 2.75) is 5.16 Å². The van der Waals surface area contributed by atoms with Crippen molar-refractivity contribution in [3.63, 3.8) is 0 Å². The van der Waals surface area contributed by atoms with Crippen LogP contribution in [-0.2, 0) is 9.59 Å². The molecule has 0 aliphatic rings. The Labute approximate surface area is 182 Å². The molecule has 2 amide bonds. The number of anilines is 1. The molecule has 0 saturated heterocycles. The molecule has 0 aliphatic heterocycles.